The van der Waals surface area contributed by atoms with Crippen molar-refractivity contribution in [3.05, 3.63) is 29.8 Å². The van der Waals surface area contributed by atoms with Gasteiger partial charge in [-0.15, -0.1) is 0 Å². The van der Waals surface area contributed by atoms with Crippen molar-refractivity contribution in [3.8, 4) is 5.75 Å². The molecule has 5 unspecified atom stereocenters. The number of nitrogens with two attached hydrogens (primary N) is 2. The maximum Gasteiger partial charge on any atom is 0.326 e. The van der Waals surface area contributed by atoms with Crippen molar-refractivity contribution in [1.29, 1.82) is 0 Å². The standard InChI is InChI=1S/C26H43N5O6S/c1-4-16(2)22(28)25(35)31-21(15-17-8-10-18(32)11-9-17)24(34)29-19(12-14-38-3)23(33)30-20(26(36)37)7-5-6-13-27/h8-11,16,19-22,32H,4-7,12-15,27-28H2,1-3H3,(H,29,34)(H,30,33)(H,31,35)(H,36,37). The second-order valence-corrected chi connectivity index (χ2v) is 10.4. The molecule has 0 radical (unpaired) electrons. The van der Waals surface area contributed by atoms with Crippen LogP contribution in [0.3, 0.4) is 0 Å². The number of nitrogens with one attached hydrogen (secondary N) is 3. The third kappa shape index (κ3) is 11.7. The second kappa shape index (κ2) is 17.6. The van der Waals surface area contributed by atoms with Crippen LogP contribution in [0.1, 0.15) is 51.5 Å². The van der Waals surface area contributed by atoms with Crippen LogP contribution in [0.2, 0.25) is 0 Å². The van der Waals surface area contributed by atoms with Crippen LogP contribution in [0, 0.1) is 5.92 Å². The van der Waals surface area contributed by atoms with E-state index >= 15 is 0 Å². The fraction of sp³-hybridized carbons (Fsp3) is 0.615. The Morgan fingerprint density at radius 3 is 2.05 bits per heavy atom. The number of benzene rings is 1. The first kappa shape index (κ1) is 33.2. The number of carbonyl (C=O) groups excluding carboxylic acids is 3. The first-order chi connectivity index (χ1) is 18.0. The summed E-state index contributed by atoms with van der Waals surface area (Å²) in [4.78, 5) is 50.9. The molecule has 0 bridgehead atoms. The molecule has 0 fully saturated rings. The lowest BCUT2D eigenvalue weighted by molar-refractivity contribution is -0.142. The number of aromatic hydroxyl groups is 1. The summed E-state index contributed by atoms with van der Waals surface area (Å²) in [7, 11) is 0. The Bertz CT molecular complexity index is 901. The molecule has 0 aliphatic carbocycles. The minimum atomic E-state index is -1.16. The molecular formula is C26H43N5O6S. The molecule has 9 N–H and O–H groups in total. The highest BCUT2D eigenvalue weighted by molar-refractivity contribution is 7.98. The van der Waals surface area contributed by atoms with E-state index in [0.717, 1.165) is 0 Å². The second-order valence-electron chi connectivity index (χ2n) is 9.37. The van der Waals surface area contributed by atoms with Crippen LogP contribution in [-0.2, 0) is 25.6 Å². The number of hydrogen-bond acceptors (Lipinski definition) is 8. The van der Waals surface area contributed by atoms with E-state index in [9.17, 15) is 29.4 Å². The fourth-order valence-corrected chi connectivity index (χ4v) is 4.13. The van der Waals surface area contributed by atoms with Crippen LogP contribution >= 0.6 is 11.8 Å². The van der Waals surface area contributed by atoms with Crippen LogP contribution in [0.5, 0.6) is 5.75 Å². The number of rotatable bonds is 18. The molecule has 3 amide bonds. The summed E-state index contributed by atoms with van der Waals surface area (Å²) in [5.41, 5.74) is 12.2. The van der Waals surface area contributed by atoms with Crippen LogP contribution in [0.4, 0.5) is 0 Å². The molecule has 0 heterocycles. The Balaban J connectivity index is 3.10. The molecule has 11 nitrogen and oxygen atoms in total. The number of carbonyl (C=O) groups is 4. The molecule has 1 aromatic rings. The van der Waals surface area contributed by atoms with Gasteiger partial charge in [-0.1, -0.05) is 32.4 Å². The summed E-state index contributed by atoms with van der Waals surface area (Å²) in [6.07, 6.45) is 4.27. The zero-order chi connectivity index (χ0) is 28.7. The van der Waals surface area contributed by atoms with Crippen LogP contribution in [0.15, 0.2) is 24.3 Å². The van der Waals surface area contributed by atoms with Gasteiger partial charge in [0.2, 0.25) is 17.7 Å². The maximum atomic E-state index is 13.4. The largest absolute Gasteiger partial charge is 0.508 e. The van der Waals surface area contributed by atoms with Crippen molar-refractivity contribution in [2.45, 2.75) is 76.5 Å². The predicted octanol–water partition coefficient (Wildman–Crippen LogP) is 0.729. The number of hydrogen-bond donors (Lipinski definition) is 7. The van der Waals surface area contributed by atoms with Gasteiger partial charge in [-0.3, -0.25) is 14.4 Å². The van der Waals surface area contributed by atoms with Gasteiger partial charge in [0.05, 0.1) is 6.04 Å². The van der Waals surface area contributed by atoms with Gasteiger partial charge in [0.1, 0.15) is 23.9 Å². The van der Waals surface area contributed by atoms with Gasteiger partial charge in [-0.2, -0.15) is 11.8 Å². The molecular weight excluding hydrogens is 510 g/mol. The van der Waals surface area contributed by atoms with E-state index in [0.29, 0.717) is 37.1 Å². The Morgan fingerprint density at radius 1 is 0.921 bits per heavy atom. The minimum Gasteiger partial charge on any atom is -0.508 e. The van der Waals surface area contributed by atoms with Gasteiger partial charge in [0.15, 0.2) is 0 Å². The van der Waals surface area contributed by atoms with Crippen molar-refractivity contribution < 1.29 is 29.4 Å². The molecule has 0 spiro atoms. The molecule has 5 atom stereocenters. The SMILES string of the molecule is CCC(C)C(N)C(=O)NC(Cc1ccc(O)cc1)C(=O)NC(CCSC)C(=O)NC(CCCCN)C(=O)O. The molecule has 0 aromatic heterocycles. The van der Waals surface area contributed by atoms with Gasteiger partial charge in [-0.25, -0.2) is 4.79 Å². The lowest BCUT2D eigenvalue weighted by Crippen LogP contribution is -2.58. The Hall–Kier alpha value is -2.83. The highest BCUT2D eigenvalue weighted by Gasteiger charge is 2.31. The van der Waals surface area contributed by atoms with E-state index in [1.807, 2.05) is 20.1 Å². The summed E-state index contributed by atoms with van der Waals surface area (Å²) in [6, 6.07) is 2.23. The summed E-state index contributed by atoms with van der Waals surface area (Å²) < 4.78 is 0. The van der Waals surface area contributed by atoms with Crippen molar-refractivity contribution in [1.82, 2.24) is 16.0 Å². The molecule has 38 heavy (non-hydrogen) atoms. The number of amides is 3. The molecule has 12 heteroatoms. The lowest BCUT2D eigenvalue weighted by atomic mass is 9.98. The number of thioether (sulfide) groups is 1. The number of aliphatic carboxylic acids is 1. The fourth-order valence-electron chi connectivity index (χ4n) is 3.66. The summed E-state index contributed by atoms with van der Waals surface area (Å²) >= 11 is 1.48. The number of carboxylic acid groups (broad SMARTS) is 1. The van der Waals surface area contributed by atoms with E-state index in [2.05, 4.69) is 16.0 Å². The topological polar surface area (TPSA) is 197 Å². The van der Waals surface area contributed by atoms with E-state index in [1.165, 1.54) is 23.9 Å². The number of phenols is 1. The number of phenolic OH excluding ortho intramolecular Hbond substituents is 1. The van der Waals surface area contributed by atoms with E-state index in [4.69, 9.17) is 11.5 Å². The molecule has 0 saturated carbocycles. The first-order valence-corrected chi connectivity index (χ1v) is 14.3. The third-order valence-corrected chi connectivity index (χ3v) is 7.02. The average molecular weight is 554 g/mol. The van der Waals surface area contributed by atoms with Crippen molar-refractivity contribution in [2.75, 3.05) is 18.6 Å². The average Bonchev–Trinajstić information content (AvgIpc) is 2.89. The maximum absolute atomic E-state index is 13.4. The van der Waals surface area contributed by atoms with E-state index in [-0.39, 0.29) is 30.9 Å². The number of unbranched alkanes of at least 4 members (excludes halogenated alkanes) is 1. The van der Waals surface area contributed by atoms with Crippen molar-refractivity contribution in [3.63, 3.8) is 0 Å². The Labute approximate surface area is 228 Å². The zero-order valence-electron chi connectivity index (χ0n) is 22.4. The Kier molecular flexibility index (Phi) is 15.4. The molecule has 214 valence electrons. The van der Waals surface area contributed by atoms with E-state index < -0.39 is 47.9 Å². The monoisotopic (exact) mass is 553 g/mol. The summed E-state index contributed by atoms with van der Waals surface area (Å²) in [6.45, 7) is 4.17. The quantitative estimate of drug-likeness (QED) is 0.128. The highest BCUT2D eigenvalue weighted by Crippen LogP contribution is 2.13. The van der Waals surface area contributed by atoms with Gasteiger partial charge in [0.25, 0.3) is 0 Å². The van der Waals surface area contributed by atoms with Gasteiger partial charge in [-0.05, 0) is 67.9 Å². The molecule has 0 aliphatic rings. The van der Waals surface area contributed by atoms with Gasteiger partial charge < -0.3 is 37.6 Å². The van der Waals surface area contributed by atoms with E-state index in [1.54, 1.807) is 12.1 Å². The third-order valence-electron chi connectivity index (χ3n) is 6.37. The first-order valence-electron chi connectivity index (χ1n) is 12.9. The summed E-state index contributed by atoms with van der Waals surface area (Å²) in [5, 5.41) is 27.1. The van der Waals surface area contributed by atoms with Crippen molar-refractivity contribution in [2.24, 2.45) is 17.4 Å². The van der Waals surface area contributed by atoms with Crippen molar-refractivity contribution >= 4 is 35.5 Å². The summed E-state index contributed by atoms with van der Waals surface area (Å²) in [5.74, 6) is -2.38. The minimum absolute atomic E-state index is 0.0610. The molecule has 0 aliphatic heterocycles. The number of carboxylic acids is 1. The Morgan fingerprint density at radius 2 is 1.50 bits per heavy atom. The highest BCUT2D eigenvalue weighted by atomic mass is 32.2. The lowest BCUT2D eigenvalue weighted by Gasteiger charge is -2.26. The predicted molar refractivity (Wildman–Crippen MR) is 149 cm³/mol. The molecule has 1 rings (SSSR count). The van der Waals surface area contributed by atoms with Gasteiger partial charge >= 0.3 is 5.97 Å². The van der Waals surface area contributed by atoms with Crippen LogP contribution in [0.25, 0.3) is 0 Å². The molecule has 1 aromatic carbocycles. The normalized spacial score (nSPS) is 15.0. The van der Waals surface area contributed by atoms with Crippen LogP contribution in [-0.4, -0.2) is 76.6 Å². The molecule has 0 saturated heterocycles. The van der Waals surface area contributed by atoms with Crippen LogP contribution < -0.4 is 27.4 Å². The zero-order valence-corrected chi connectivity index (χ0v) is 23.3. The smallest absolute Gasteiger partial charge is 0.326 e. The van der Waals surface area contributed by atoms with Gasteiger partial charge in [0, 0.05) is 6.42 Å².